The van der Waals surface area contributed by atoms with Gasteiger partial charge in [0.05, 0.1) is 17.5 Å². The molecule has 1 aliphatic rings. The number of carboxylic acid groups (broad SMARTS) is 1. The molecule has 2 aromatic rings. The summed E-state index contributed by atoms with van der Waals surface area (Å²) in [5.41, 5.74) is 1.78. The maximum absolute atomic E-state index is 12.6. The number of hydrogen-bond acceptors (Lipinski definition) is 4. The quantitative estimate of drug-likeness (QED) is 0.761. The number of carboxylic acids is 1. The number of benzene rings is 1. The lowest BCUT2D eigenvalue weighted by Crippen LogP contribution is -2.36. The highest BCUT2D eigenvalue weighted by Crippen LogP contribution is 2.34. The number of amides is 1. The summed E-state index contributed by atoms with van der Waals surface area (Å²) in [6.45, 7) is 2.04. The van der Waals surface area contributed by atoms with Crippen LogP contribution in [-0.4, -0.2) is 22.0 Å². The molecule has 0 saturated heterocycles. The van der Waals surface area contributed by atoms with Crippen molar-refractivity contribution in [3.63, 3.8) is 0 Å². The largest absolute Gasteiger partial charge is 0.481 e. The topological polar surface area (TPSA) is 79.3 Å². The monoisotopic (exact) mass is 392 g/mol. The van der Waals surface area contributed by atoms with Gasteiger partial charge in [-0.3, -0.25) is 9.59 Å². The van der Waals surface area contributed by atoms with Crippen LogP contribution in [0.25, 0.3) is 11.3 Å². The van der Waals surface area contributed by atoms with E-state index in [-0.39, 0.29) is 5.91 Å². The van der Waals surface area contributed by atoms with Gasteiger partial charge in [0, 0.05) is 15.5 Å². The second-order valence-corrected chi connectivity index (χ2v) is 8.00. The summed E-state index contributed by atoms with van der Waals surface area (Å²) in [6, 6.07) is 7.44. The van der Waals surface area contributed by atoms with Crippen LogP contribution in [0.2, 0.25) is 5.02 Å². The van der Waals surface area contributed by atoms with Gasteiger partial charge in [0.15, 0.2) is 5.13 Å². The molecule has 2 unspecified atom stereocenters. The van der Waals surface area contributed by atoms with E-state index in [2.05, 4.69) is 10.3 Å². The van der Waals surface area contributed by atoms with Gasteiger partial charge in [0.1, 0.15) is 0 Å². The highest BCUT2D eigenvalue weighted by atomic mass is 35.5. The number of rotatable bonds is 5. The molecule has 138 valence electrons. The summed E-state index contributed by atoms with van der Waals surface area (Å²) in [7, 11) is 0. The highest BCUT2D eigenvalue weighted by Gasteiger charge is 2.36. The van der Waals surface area contributed by atoms with Crippen LogP contribution in [0.1, 0.15) is 37.5 Å². The van der Waals surface area contributed by atoms with Crippen molar-refractivity contribution in [2.75, 3.05) is 5.32 Å². The molecule has 0 spiro atoms. The number of carbonyl (C=O) groups is 2. The number of aliphatic carboxylic acids is 1. The molecule has 26 heavy (non-hydrogen) atoms. The van der Waals surface area contributed by atoms with Crippen LogP contribution >= 0.6 is 22.9 Å². The maximum atomic E-state index is 12.6. The molecule has 7 heteroatoms. The molecule has 1 saturated carbocycles. The lowest BCUT2D eigenvalue weighted by atomic mass is 9.79. The Balaban J connectivity index is 1.80. The van der Waals surface area contributed by atoms with Crippen molar-refractivity contribution in [2.24, 2.45) is 11.8 Å². The van der Waals surface area contributed by atoms with Crippen molar-refractivity contribution in [2.45, 2.75) is 39.0 Å². The molecule has 1 heterocycles. The Labute approximate surface area is 161 Å². The van der Waals surface area contributed by atoms with Gasteiger partial charge in [-0.05, 0) is 31.4 Å². The number of carbonyl (C=O) groups excluding carboxylic acids is 1. The molecule has 2 atom stereocenters. The number of aromatic nitrogens is 1. The molecule has 5 nitrogen and oxygen atoms in total. The molecule has 1 fully saturated rings. The zero-order valence-corrected chi connectivity index (χ0v) is 16.1. The van der Waals surface area contributed by atoms with Crippen LogP contribution in [0, 0.1) is 11.8 Å². The van der Waals surface area contributed by atoms with Crippen LogP contribution in [0.3, 0.4) is 0 Å². The summed E-state index contributed by atoms with van der Waals surface area (Å²) in [4.78, 5) is 29.7. The molecule has 0 radical (unpaired) electrons. The molecular formula is C19H21ClN2O3S. The first-order valence-corrected chi connectivity index (χ1v) is 9.98. The summed E-state index contributed by atoms with van der Waals surface area (Å²) >= 11 is 7.39. The van der Waals surface area contributed by atoms with E-state index < -0.39 is 17.8 Å². The number of nitrogens with one attached hydrogen (secondary N) is 1. The Morgan fingerprint density at radius 3 is 2.50 bits per heavy atom. The average Bonchev–Trinajstić information content (AvgIpc) is 3.05. The Kier molecular flexibility index (Phi) is 5.94. The van der Waals surface area contributed by atoms with Gasteiger partial charge >= 0.3 is 5.97 Å². The van der Waals surface area contributed by atoms with Crippen molar-refractivity contribution in [3.05, 3.63) is 34.2 Å². The Hall–Kier alpha value is -1.92. The second kappa shape index (κ2) is 8.18. The predicted octanol–water partition coefficient (Wildman–Crippen LogP) is 4.86. The standard InChI is InChI=1S/C19H21ClN2O3S/c1-2-15-16(11-7-9-12(20)10-8-11)21-19(26-15)22-17(23)13-5-3-4-6-14(13)18(24)25/h7-10,13-14H,2-6H2,1H3,(H,24,25)(H,21,22,23). The van der Waals surface area contributed by atoms with Crippen LogP contribution in [0.4, 0.5) is 5.13 Å². The van der Waals surface area contributed by atoms with E-state index in [1.807, 2.05) is 31.2 Å². The number of halogens is 1. The van der Waals surface area contributed by atoms with Gasteiger partial charge in [-0.1, -0.05) is 43.5 Å². The van der Waals surface area contributed by atoms with E-state index in [9.17, 15) is 14.7 Å². The third-order valence-corrected chi connectivity index (χ3v) is 6.15. The predicted molar refractivity (Wildman–Crippen MR) is 104 cm³/mol. The van der Waals surface area contributed by atoms with Crippen molar-refractivity contribution in [1.82, 2.24) is 4.98 Å². The minimum absolute atomic E-state index is 0.240. The van der Waals surface area contributed by atoms with Crippen molar-refractivity contribution < 1.29 is 14.7 Å². The summed E-state index contributed by atoms with van der Waals surface area (Å²) in [5, 5.41) is 13.4. The zero-order chi connectivity index (χ0) is 18.7. The van der Waals surface area contributed by atoms with Gasteiger partial charge in [-0.15, -0.1) is 11.3 Å². The van der Waals surface area contributed by atoms with Crippen molar-refractivity contribution in [1.29, 1.82) is 0 Å². The molecule has 2 N–H and O–H groups in total. The van der Waals surface area contributed by atoms with E-state index >= 15 is 0 Å². The van der Waals surface area contributed by atoms with Gasteiger partial charge in [-0.2, -0.15) is 0 Å². The SMILES string of the molecule is CCc1sc(NC(=O)C2CCCCC2C(=O)O)nc1-c1ccc(Cl)cc1. The van der Waals surface area contributed by atoms with Gasteiger partial charge in [0.25, 0.3) is 0 Å². The number of aryl methyl sites for hydroxylation is 1. The van der Waals surface area contributed by atoms with Crippen LogP contribution in [0.5, 0.6) is 0 Å². The first-order valence-electron chi connectivity index (χ1n) is 8.79. The summed E-state index contributed by atoms with van der Waals surface area (Å²) in [6.07, 6.45) is 3.71. The third-order valence-electron chi connectivity index (χ3n) is 4.79. The van der Waals surface area contributed by atoms with E-state index in [0.29, 0.717) is 23.0 Å². The van der Waals surface area contributed by atoms with E-state index in [1.165, 1.54) is 11.3 Å². The molecule has 1 aliphatic carbocycles. The molecule has 0 aliphatic heterocycles. The number of nitrogens with zero attached hydrogens (tertiary/aromatic N) is 1. The fourth-order valence-electron chi connectivity index (χ4n) is 3.42. The van der Waals surface area contributed by atoms with Crippen molar-refractivity contribution >= 4 is 39.9 Å². The van der Waals surface area contributed by atoms with E-state index in [4.69, 9.17) is 11.6 Å². The van der Waals surface area contributed by atoms with Gasteiger partial charge < -0.3 is 10.4 Å². The molecule has 0 bridgehead atoms. The molecule has 1 aromatic carbocycles. The first-order chi connectivity index (χ1) is 12.5. The van der Waals surface area contributed by atoms with Crippen LogP contribution in [-0.2, 0) is 16.0 Å². The summed E-state index contributed by atoms with van der Waals surface area (Å²) in [5.74, 6) is -2.23. The Morgan fingerprint density at radius 1 is 1.23 bits per heavy atom. The minimum atomic E-state index is -0.889. The average molecular weight is 393 g/mol. The molecular weight excluding hydrogens is 372 g/mol. The highest BCUT2D eigenvalue weighted by molar-refractivity contribution is 7.16. The van der Waals surface area contributed by atoms with Gasteiger partial charge in [-0.25, -0.2) is 4.98 Å². The van der Waals surface area contributed by atoms with E-state index in [0.717, 1.165) is 35.4 Å². The lowest BCUT2D eigenvalue weighted by molar-refractivity contribution is -0.147. The van der Waals surface area contributed by atoms with E-state index in [1.54, 1.807) is 0 Å². The second-order valence-electron chi connectivity index (χ2n) is 6.48. The smallest absolute Gasteiger partial charge is 0.307 e. The van der Waals surface area contributed by atoms with Gasteiger partial charge in [0.2, 0.25) is 5.91 Å². The molecule has 1 amide bonds. The zero-order valence-electron chi connectivity index (χ0n) is 14.5. The van der Waals surface area contributed by atoms with Crippen LogP contribution < -0.4 is 5.32 Å². The fraction of sp³-hybridized carbons (Fsp3) is 0.421. The molecule has 3 rings (SSSR count). The minimum Gasteiger partial charge on any atom is -0.481 e. The third kappa shape index (κ3) is 4.07. The molecule has 1 aromatic heterocycles. The fourth-order valence-corrected chi connectivity index (χ4v) is 4.47. The summed E-state index contributed by atoms with van der Waals surface area (Å²) < 4.78 is 0. The normalized spacial score (nSPS) is 19.9. The number of thiazole rings is 1. The number of hydrogen-bond donors (Lipinski definition) is 2. The van der Waals surface area contributed by atoms with Crippen molar-refractivity contribution in [3.8, 4) is 11.3 Å². The Bertz CT molecular complexity index is 804. The van der Waals surface area contributed by atoms with Crippen LogP contribution in [0.15, 0.2) is 24.3 Å². The lowest BCUT2D eigenvalue weighted by Gasteiger charge is -2.26. The Morgan fingerprint density at radius 2 is 1.88 bits per heavy atom. The maximum Gasteiger partial charge on any atom is 0.307 e. The first kappa shape index (κ1) is 18.9. The number of anilines is 1.